The number of hydrogen-bond donors (Lipinski definition) is 2. The van der Waals surface area contributed by atoms with E-state index in [0.29, 0.717) is 19.2 Å². The Bertz CT molecular complexity index is 1060. The molecule has 0 bridgehead atoms. The Morgan fingerprint density at radius 1 is 1.19 bits per heavy atom. The van der Waals surface area contributed by atoms with Gasteiger partial charge in [-0.3, -0.25) is 14.3 Å². The van der Waals surface area contributed by atoms with Gasteiger partial charge in [-0.25, -0.2) is 14.0 Å². The molecule has 0 radical (unpaired) electrons. The fourth-order valence-corrected chi connectivity index (χ4v) is 2.51. The summed E-state index contributed by atoms with van der Waals surface area (Å²) in [5, 5.41) is 8.29. The maximum Gasteiger partial charge on any atom is 0.459 e. The van der Waals surface area contributed by atoms with Gasteiger partial charge in [-0.15, -0.1) is 0 Å². The molecular weight excluding hydrogens is 410 g/mol. The van der Waals surface area contributed by atoms with Crippen molar-refractivity contribution in [2.75, 3.05) is 0 Å². The zero-order chi connectivity index (χ0) is 20.9. The average molecular weight is 417 g/mol. The standard InChI is InChI=1S/C14H7ClF6N2O4/c1-23-9(13(17,18)14(19,20)21)8(10(24)22-12(23)27)5-2-4(11(25)26)6(15)3-7(5)16/h2-3H,1H3,(H,25,26)(H,22,24,27). The van der Waals surface area contributed by atoms with Crippen molar-refractivity contribution < 1.29 is 36.2 Å². The molecule has 27 heavy (non-hydrogen) atoms. The van der Waals surface area contributed by atoms with E-state index in [9.17, 15) is 40.7 Å². The topological polar surface area (TPSA) is 92.2 Å². The minimum absolute atomic E-state index is 0.210. The highest BCUT2D eigenvalue weighted by Crippen LogP contribution is 2.46. The van der Waals surface area contributed by atoms with Crippen molar-refractivity contribution in [3.8, 4) is 11.1 Å². The van der Waals surface area contributed by atoms with E-state index in [1.165, 1.54) is 4.98 Å². The molecule has 2 rings (SSSR count). The molecule has 0 spiro atoms. The summed E-state index contributed by atoms with van der Waals surface area (Å²) in [7, 11) is 0.503. The van der Waals surface area contributed by atoms with Crippen LogP contribution in [0.1, 0.15) is 16.1 Å². The van der Waals surface area contributed by atoms with Crippen molar-refractivity contribution in [2.45, 2.75) is 12.1 Å². The van der Waals surface area contributed by atoms with Crippen LogP contribution in [0.3, 0.4) is 0 Å². The van der Waals surface area contributed by atoms with Gasteiger partial charge >= 0.3 is 23.8 Å². The summed E-state index contributed by atoms with van der Waals surface area (Å²) in [6, 6.07) is 0.658. The Morgan fingerprint density at radius 3 is 2.22 bits per heavy atom. The molecule has 6 nitrogen and oxygen atoms in total. The third-order valence-electron chi connectivity index (χ3n) is 3.53. The SMILES string of the molecule is Cn1c(C(F)(F)C(F)(F)F)c(-c2cc(C(=O)O)c(Cl)cc2F)c(=O)[nH]c1=O. The summed E-state index contributed by atoms with van der Waals surface area (Å²) in [5.41, 5.74) is -9.15. The van der Waals surface area contributed by atoms with E-state index in [1.54, 1.807) is 0 Å². The molecule has 0 atom stereocenters. The van der Waals surface area contributed by atoms with E-state index in [4.69, 9.17) is 16.7 Å². The molecule has 13 heteroatoms. The summed E-state index contributed by atoms with van der Waals surface area (Å²) in [5.74, 6) is -9.04. The predicted octanol–water partition coefficient (Wildman–Crippen LogP) is 2.89. The third kappa shape index (κ3) is 3.31. The lowest BCUT2D eigenvalue weighted by atomic mass is 9.98. The molecular formula is C14H7ClF6N2O4. The highest BCUT2D eigenvalue weighted by atomic mass is 35.5. The maximum atomic E-state index is 14.2. The second-order valence-electron chi connectivity index (χ2n) is 5.23. The number of nitrogens with one attached hydrogen (secondary N) is 1. The molecule has 1 heterocycles. The first kappa shape index (κ1) is 20.6. The third-order valence-corrected chi connectivity index (χ3v) is 3.85. The van der Waals surface area contributed by atoms with Crippen LogP contribution in [0.15, 0.2) is 21.7 Å². The van der Waals surface area contributed by atoms with Gasteiger partial charge in [0.15, 0.2) is 0 Å². The summed E-state index contributed by atoms with van der Waals surface area (Å²) < 4.78 is 80.5. The number of nitrogens with zero attached hydrogens (tertiary/aromatic N) is 1. The highest BCUT2D eigenvalue weighted by molar-refractivity contribution is 6.33. The zero-order valence-electron chi connectivity index (χ0n) is 12.9. The summed E-state index contributed by atoms with van der Waals surface area (Å²) in [6.45, 7) is 0. The lowest BCUT2D eigenvalue weighted by molar-refractivity contribution is -0.291. The lowest BCUT2D eigenvalue weighted by Crippen LogP contribution is -2.43. The van der Waals surface area contributed by atoms with Gasteiger partial charge in [0.25, 0.3) is 5.56 Å². The summed E-state index contributed by atoms with van der Waals surface area (Å²) in [4.78, 5) is 36.1. The molecule has 0 saturated heterocycles. The predicted molar refractivity (Wildman–Crippen MR) is 79.6 cm³/mol. The van der Waals surface area contributed by atoms with Gasteiger partial charge in [0.1, 0.15) is 11.5 Å². The molecule has 2 aromatic rings. The number of aromatic nitrogens is 2. The number of alkyl halides is 5. The lowest BCUT2D eigenvalue weighted by Gasteiger charge is -2.24. The van der Waals surface area contributed by atoms with Gasteiger partial charge in [-0.2, -0.15) is 22.0 Å². The molecule has 0 amide bonds. The van der Waals surface area contributed by atoms with Crippen LogP contribution in [0.25, 0.3) is 11.1 Å². The van der Waals surface area contributed by atoms with E-state index in [2.05, 4.69) is 0 Å². The van der Waals surface area contributed by atoms with Crippen LogP contribution in [0.5, 0.6) is 0 Å². The number of benzene rings is 1. The van der Waals surface area contributed by atoms with Crippen molar-refractivity contribution >= 4 is 17.6 Å². The number of H-pyrrole nitrogens is 1. The summed E-state index contributed by atoms with van der Waals surface area (Å²) in [6.07, 6.45) is -6.24. The fourth-order valence-electron chi connectivity index (χ4n) is 2.28. The van der Waals surface area contributed by atoms with E-state index in [1.807, 2.05) is 0 Å². The van der Waals surface area contributed by atoms with Crippen molar-refractivity contribution in [1.82, 2.24) is 9.55 Å². The first-order chi connectivity index (χ1) is 12.2. The Hall–Kier alpha value is -2.76. The van der Waals surface area contributed by atoms with E-state index in [-0.39, 0.29) is 4.57 Å². The molecule has 1 aromatic carbocycles. The normalized spacial score (nSPS) is 12.3. The Balaban J connectivity index is 3.06. The van der Waals surface area contributed by atoms with Crippen molar-refractivity contribution in [1.29, 1.82) is 0 Å². The van der Waals surface area contributed by atoms with Gasteiger partial charge < -0.3 is 5.11 Å². The molecule has 146 valence electrons. The van der Waals surface area contributed by atoms with Crippen LogP contribution in [-0.2, 0) is 13.0 Å². The molecule has 0 unspecified atom stereocenters. The largest absolute Gasteiger partial charge is 0.478 e. The van der Waals surface area contributed by atoms with Crippen LogP contribution in [0.4, 0.5) is 26.3 Å². The molecule has 0 aliphatic carbocycles. The number of halogens is 7. The number of aromatic carboxylic acids is 1. The number of aromatic amines is 1. The van der Waals surface area contributed by atoms with Crippen LogP contribution in [-0.4, -0.2) is 26.8 Å². The Labute approximate surface area is 149 Å². The number of carboxylic acid groups (broad SMARTS) is 1. The van der Waals surface area contributed by atoms with E-state index < -0.39 is 62.5 Å². The van der Waals surface area contributed by atoms with Gasteiger partial charge in [0, 0.05) is 12.6 Å². The highest BCUT2D eigenvalue weighted by Gasteiger charge is 2.61. The average Bonchev–Trinajstić information content (AvgIpc) is 2.49. The van der Waals surface area contributed by atoms with Crippen LogP contribution in [0, 0.1) is 5.82 Å². The first-order valence-corrected chi connectivity index (χ1v) is 7.09. The number of rotatable bonds is 3. The molecule has 2 N–H and O–H groups in total. The molecule has 0 aliphatic rings. The van der Waals surface area contributed by atoms with Crippen molar-refractivity contribution in [2.24, 2.45) is 7.05 Å². The van der Waals surface area contributed by atoms with Crippen molar-refractivity contribution in [3.05, 3.63) is 55.1 Å². The first-order valence-electron chi connectivity index (χ1n) is 6.71. The molecule has 0 aliphatic heterocycles. The van der Waals surface area contributed by atoms with Gasteiger partial charge in [-0.05, 0) is 12.1 Å². The number of carbonyl (C=O) groups is 1. The van der Waals surface area contributed by atoms with Gasteiger partial charge in [-0.1, -0.05) is 11.6 Å². The quantitative estimate of drug-likeness (QED) is 0.753. The summed E-state index contributed by atoms with van der Waals surface area (Å²) >= 11 is 5.49. The zero-order valence-corrected chi connectivity index (χ0v) is 13.7. The second-order valence-corrected chi connectivity index (χ2v) is 5.64. The number of hydrogen-bond acceptors (Lipinski definition) is 3. The van der Waals surface area contributed by atoms with E-state index >= 15 is 0 Å². The van der Waals surface area contributed by atoms with Gasteiger partial charge in [0.2, 0.25) is 0 Å². The van der Waals surface area contributed by atoms with Gasteiger partial charge in [0.05, 0.1) is 16.1 Å². The minimum atomic E-state index is -6.24. The van der Waals surface area contributed by atoms with Crippen molar-refractivity contribution in [3.63, 3.8) is 0 Å². The second kappa shape index (κ2) is 6.44. The Morgan fingerprint density at radius 2 is 1.74 bits per heavy atom. The molecule has 1 aromatic heterocycles. The number of carboxylic acids is 1. The molecule has 0 fully saturated rings. The molecule has 0 saturated carbocycles. The monoisotopic (exact) mass is 416 g/mol. The van der Waals surface area contributed by atoms with Crippen LogP contribution >= 0.6 is 11.6 Å². The fraction of sp³-hybridized carbons (Fsp3) is 0.214. The van der Waals surface area contributed by atoms with E-state index in [0.717, 1.165) is 0 Å². The smallest absolute Gasteiger partial charge is 0.459 e. The Kier molecular flexibility index (Phi) is 4.90. The maximum absolute atomic E-state index is 14.2. The van der Waals surface area contributed by atoms with Crippen LogP contribution in [0.2, 0.25) is 5.02 Å². The van der Waals surface area contributed by atoms with Crippen LogP contribution < -0.4 is 11.2 Å². The minimum Gasteiger partial charge on any atom is -0.478 e.